The molecular formula is C19H21N5O5S. The zero-order chi connectivity index (χ0) is 21.6. The lowest BCUT2D eigenvalue weighted by Gasteiger charge is -2.17. The molecule has 1 amide bonds. The van der Waals surface area contributed by atoms with E-state index < -0.39 is 26.3 Å². The Balaban J connectivity index is 1.56. The molecule has 158 valence electrons. The molecule has 0 radical (unpaired) electrons. The number of hydrogen-bond donors (Lipinski definition) is 0. The van der Waals surface area contributed by atoms with Crippen LogP contribution in [0, 0.1) is 0 Å². The van der Waals surface area contributed by atoms with Crippen LogP contribution < -0.4 is 11.2 Å². The van der Waals surface area contributed by atoms with Crippen LogP contribution in [-0.2, 0) is 35.3 Å². The third-order valence-corrected chi connectivity index (χ3v) is 7.72. The van der Waals surface area contributed by atoms with Gasteiger partial charge < -0.3 is 9.47 Å². The number of hydrogen-bond acceptors (Lipinski definition) is 6. The Bertz CT molecular complexity index is 1350. The van der Waals surface area contributed by atoms with Crippen LogP contribution in [0.3, 0.4) is 0 Å². The van der Waals surface area contributed by atoms with Crippen molar-refractivity contribution in [1.29, 1.82) is 0 Å². The molecule has 0 N–H and O–H groups in total. The highest BCUT2D eigenvalue weighted by molar-refractivity contribution is 7.92. The monoisotopic (exact) mass is 431 g/mol. The maximum absolute atomic E-state index is 12.8. The summed E-state index contributed by atoms with van der Waals surface area (Å²) in [7, 11) is -0.662. The topological polar surface area (TPSA) is 116 Å². The van der Waals surface area contributed by atoms with Crippen LogP contribution in [0.15, 0.2) is 51.1 Å². The number of aromatic nitrogens is 4. The van der Waals surface area contributed by atoms with Gasteiger partial charge in [0.25, 0.3) is 5.56 Å². The fraction of sp³-hybridized carbons (Fsp3) is 0.368. The number of nitrogens with zero attached hydrogens (tertiary/aromatic N) is 5. The smallest absolute Gasteiger partial charge is 0.332 e. The average Bonchev–Trinajstić information content (AvgIpc) is 3.39. The van der Waals surface area contributed by atoms with Crippen molar-refractivity contribution in [2.24, 2.45) is 14.1 Å². The molecule has 1 atom stereocenters. The van der Waals surface area contributed by atoms with Gasteiger partial charge in [-0.2, -0.15) is 0 Å². The van der Waals surface area contributed by atoms with Crippen LogP contribution in [0.1, 0.15) is 6.42 Å². The summed E-state index contributed by atoms with van der Waals surface area (Å²) in [6, 6.07) is 8.19. The number of carbonyl (C=O) groups is 1. The fourth-order valence-corrected chi connectivity index (χ4v) is 5.49. The molecule has 1 aromatic carbocycles. The molecule has 30 heavy (non-hydrogen) atoms. The fourth-order valence-electron chi connectivity index (χ4n) is 3.77. The highest BCUT2D eigenvalue weighted by Crippen LogP contribution is 2.24. The van der Waals surface area contributed by atoms with Gasteiger partial charge in [0, 0.05) is 27.2 Å². The SMILES string of the molecule is Cn1c(=O)c2c(ncn2CC(=O)N2CCC(S(=O)(=O)c3ccccc3)C2)n(C)c1=O. The van der Waals surface area contributed by atoms with E-state index in [1.807, 2.05) is 0 Å². The van der Waals surface area contributed by atoms with Crippen molar-refractivity contribution in [3.63, 3.8) is 0 Å². The van der Waals surface area contributed by atoms with E-state index in [1.165, 1.54) is 34.5 Å². The summed E-state index contributed by atoms with van der Waals surface area (Å²) in [6.45, 7) is 0.250. The molecule has 0 saturated carbocycles. The number of imidazole rings is 1. The number of benzene rings is 1. The van der Waals surface area contributed by atoms with Gasteiger partial charge in [-0.15, -0.1) is 0 Å². The normalized spacial score (nSPS) is 17.0. The first-order chi connectivity index (χ1) is 14.2. The molecule has 3 heterocycles. The molecule has 2 aromatic heterocycles. The number of rotatable bonds is 4. The van der Waals surface area contributed by atoms with Gasteiger partial charge in [-0.3, -0.25) is 18.7 Å². The number of amides is 1. The van der Waals surface area contributed by atoms with Crippen molar-refractivity contribution < 1.29 is 13.2 Å². The number of carbonyl (C=O) groups excluding carboxylic acids is 1. The van der Waals surface area contributed by atoms with Crippen LogP contribution in [0.5, 0.6) is 0 Å². The predicted octanol–water partition coefficient (Wildman–Crippen LogP) is -0.491. The number of sulfone groups is 1. The Kier molecular flexibility index (Phi) is 4.85. The molecule has 1 unspecified atom stereocenters. The van der Waals surface area contributed by atoms with Crippen LogP contribution in [0.25, 0.3) is 11.2 Å². The molecule has 1 aliphatic heterocycles. The van der Waals surface area contributed by atoms with Gasteiger partial charge in [0.2, 0.25) is 5.91 Å². The average molecular weight is 431 g/mol. The van der Waals surface area contributed by atoms with Gasteiger partial charge in [-0.05, 0) is 18.6 Å². The molecular weight excluding hydrogens is 410 g/mol. The Morgan fingerprint density at radius 1 is 1.13 bits per heavy atom. The largest absolute Gasteiger partial charge is 0.340 e. The lowest BCUT2D eigenvalue weighted by atomic mass is 10.4. The Morgan fingerprint density at radius 2 is 1.83 bits per heavy atom. The van der Waals surface area contributed by atoms with Gasteiger partial charge in [0.05, 0.1) is 16.5 Å². The van der Waals surface area contributed by atoms with E-state index in [4.69, 9.17) is 0 Å². The van der Waals surface area contributed by atoms with Crippen molar-refractivity contribution in [3.05, 3.63) is 57.5 Å². The predicted molar refractivity (Wildman–Crippen MR) is 109 cm³/mol. The summed E-state index contributed by atoms with van der Waals surface area (Å²) in [5, 5.41) is -0.669. The molecule has 1 fully saturated rings. The highest BCUT2D eigenvalue weighted by atomic mass is 32.2. The number of likely N-dealkylation sites (tertiary alicyclic amines) is 1. The summed E-state index contributed by atoms with van der Waals surface area (Å²) in [6.07, 6.45) is 1.70. The van der Waals surface area contributed by atoms with E-state index in [9.17, 15) is 22.8 Å². The molecule has 1 saturated heterocycles. The summed E-state index contributed by atoms with van der Waals surface area (Å²) < 4.78 is 29.2. The summed E-state index contributed by atoms with van der Waals surface area (Å²) in [5.74, 6) is -0.309. The zero-order valence-electron chi connectivity index (χ0n) is 16.6. The van der Waals surface area contributed by atoms with Crippen LogP contribution in [0.2, 0.25) is 0 Å². The van der Waals surface area contributed by atoms with E-state index >= 15 is 0 Å². The minimum absolute atomic E-state index is 0.0964. The molecule has 0 bridgehead atoms. The zero-order valence-corrected chi connectivity index (χ0v) is 17.4. The quantitative estimate of drug-likeness (QED) is 0.550. The van der Waals surface area contributed by atoms with E-state index in [-0.39, 0.29) is 35.1 Å². The third-order valence-electron chi connectivity index (χ3n) is 5.53. The molecule has 10 nitrogen and oxygen atoms in total. The minimum atomic E-state index is -3.53. The van der Waals surface area contributed by atoms with Crippen LogP contribution in [-0.4, -0.2) is 56.2 Å². The van der Waals surface area contributed by atoms with Gasteiger partial charge >= 0.3 is 5.69 Å². The van der Waals surface area contributed by atoms with Crippen molar-refractivity contribution >= 4 is 26.9 Å². The number of aryl methyl sites for hydroxylation is 1. The second-order valence-electron chi connectivity index (χ2n) is 7.36. The second kappa shape index (κ2) is 7.24. The lowest BCUT2D eigenvalue weighted by Crippen LogP contribution is -2.38. The van der Waals surface area contributed by atoms with Crippen molar-refractivity contribution in [3.8, 4) is 0 Å². The standard InChI is InChI=1S/C19H21N5O5S/c1-21-17-16(18(26)22(2)19(21)27)24(12-20-17)11-15(25)23-9-8-14(10-23)30(28,29)13-6-4-3-5-7-13/h3-7,12,14H,8-11H2,1-2H3. The minimum Gasteiger partial charge on any atom is -0.340 e. The van der Waals surface area contributed by atoms with E-state index in [0.29, 0.717) is 13.0 Å². The van der Waals surface area contributed by atoms with Gasteiger partial charge in [-0.25, -0.2) is 18.2 Å². The first kappa shape index (κ1) is 20.1. The van der Waals surface area contributed by atoms with E-state index in [2.05, 4.69) is 4.98 Å². The first-order valence-electron chi connectivity index (χ1n) is 9.39. The maximum atomic E-state index is 12.8. The third kappa shape index (κ3) is 3.15. The Morgan fingerprint density at radius 3 is 2.53 bits per heavy atom. The summed E-state index contributed by atoms with van der Waals surface area (Å²) in [5.41, 5.74) is -0.690. The number of fused-ring (bicyclic) bond motifs is 1. The van der Waals surface area contributed by atoms with E-state index in [0.717, 1.165) is 4.57 Å². The lowest BCUT2D eigenvalue weighted by molar-refractivity contribution is -0.130. The molecule has 4 rings (SSSR count). The molecule has 3 aromatic rings. The van der Waals surface area contributed by atoms with Crippen molar-refractivity contribution in [2.45, 2.75) is 23.1 Å². The molecule has 11 heteroatoms. The molecule has 0 aliphatic carbocycles. The molecule has 1 aliphatic rings. The molecule has 0 spiro atoms. The summed E-state index contributed by atoms with van der Waals surface area (Å²) >= 11 is 0. The van der Waals surface area contributed by atoms with Crippen LogP contribution in [0.4, 0.5) is 0 Å². The van der Waals surface area contributed by atoms with Gasteiger partial charge in [0.1, 0.15) is 6.54 Å². The summed E-state index contributed by atoms with van der Waals surface area (Å²) in [4.78, 5) is 43.2. The first-order valence-corrected chi connectivity index (χ1v) is 10.9. The van der Waals surface area contributed by atoms with Gasteiger partial charge in [0.15, 0.2) is 21.0 Å². The maximum Gasteiger partial charge on any atom is 0.332 e. The van der Waals surface area contributed by atoms with Crippen LogP contribution >= 0.6 is 0 Å². The Hall–Kier alpha value is -3.21. The Labute approximate surface area is 171 Å². The van der Waals surface area contributed by atoms with Gasteiger partial charge in [-0.1, -0.05) is 18.2 Å². The highest BCUT2D eigenvalue weighted by Gasteiger charge is 2.36. The van der Waals surface area contributed by atoms with Crippen molar-refractivity contribution in [2.75, 3.05) is 13.1 Å². The van der Waals surface area contributed by atoms with Crippen molar-refractivity contribution in [1.82, 2.24) is 23.6 Å². The van der Waals surface area contributed by atoms with E-state index in [1.54, 1.807) is 30.3 Å². The second-order valence-corrected chi connectivity index (χ2v) is 9.59.